The summed E-state index contributed by atoms with van der Waals surface area (Å²) in [6.45, 7) is 0.713. The van der Waals surface area contributed by atoms with Crippen LogP contribution in [0.2, 0.25) is 0 Å². The molecule has 0 radical (unpaired) electrons. The predicted molar refractivity (Wildman–Crippen MR) is 61.0 cm³/mol. The third kappa shape index (κ3) is 3.70. The molecule has 1 aromatic carbocycles. The van der Waals surface area contributed by atoms with Gasteiger partial charge in [0.15, 0.2) is 0 Å². The monoisotopic (exact) mass is 203 g/mol. The quantitative estimate of drug-likeness (QED) is 0.715. The van der Waals surface area contributed by atoms with E-state index in [0.717, 1.165) is 24.8 Å². The Labute approximate surface area is 90.7 Å². The van der Waals surface area contributed by atoms with Crippen molar-refractivity contribution >= 4 is 0 Å². The Kier molecular flexibility index (Phi) is 4.82. The third-order valence-electron chi connectivity index (χ3n) is 2.41. The molecule has 0 unspecified atom stereocenters. The maximum atomic E-state index is 8.75. The van der Waals surface area contributed by atoms with Crippen LogP contribution >= 0.6 is 0 Å². The second-order valence-electron chi connectivity index (χ2n) is 3.63. The van der Waals surface area contributed by atoms with Crippen molar-refractivity contribution in [3.8, 4) is 6.07 Å². The summed E-state index contributed by atoms with van der Waals surface area (Å²) in [7, 11) is 0. The van der Waals surface area contributed by atoms with Gasteiger partial charge in [-0.25, -0.2) is 0 Å². The first-order valence-corrected chi connectivity index (χ1v) is 5.23. The van der Waals surface area contributed by atoms with Crippen molar-refractivity contribution in [2.24, 2.45) is 11.5 Å². The number of hydrogen-bond acceptors (Lipinski definition) is 3. The van der Waals surface area contributed by atoms with Gasteiger partial charge in [0.1, 0.15) is 0 Å². The van der Waals surface area contributed by atoms with Crippen LogP contribution in [-0.4, -0.2) is 6.54 Å². The zero-order chi connectivity index (χ0) is 11.1. The summed E-state index contributed by atoms with van der Waals surface area (Å²) in [5, 5.41) is 8.75. The highest BCUT2D eigenvalue weighted by atomic mass is 14.6. The number of hydrogen-bond donors (Lipinski definition) is 2. The second kappa shape index (κ2) is 6.18. The van der Waals surface area contributed by atoms with E-state index in [9.17, 15) is 0 Å². The Balaban J connectivity index is 2.57. The van der Waals surface area contributed by atoms with E-state index in [4.69, 9.17) is 16.7 Å². The highest BCUT2D eigenvalue weighted by Crippen LogP contribution is 2.17. The van der Waals surface area contributed by atoms with Gasteiger partial charge in [-0.3, -0.25) is 0 Å². The summed E-state index contributed by atoms with van der Waals surface area (Å²) in [6.07, 6.45) is 2.96. The molecular formula is C12H17N3. The standard InChI is InChI=1S/C12H17N3/c13-7-2-1-6-12(15)11-5-3-4-10(8-11)9-14/h3-5,8,12H,1-2,6-7,13,15H2/t12-/m0/s1. The molecule has 3 nitrogen and oxygen atoms in total. The number of nitrogens with two attached hydrogens (primary N) is 2. The first-order valence-electron chi connectivity index (χ1n) is 5.23. The average Bonchev–Trinajstić information content (AvgIpc) is 2.29. The van der Waals surface area contributed by atoms with E-state index in [-0.39, 0.29) is 6.04 Å². The van der Waals surface area contributed by atoms with E-state index in [0.29, 0.717) is 12.1 Å². The molecule has 0 aliphatic carbocycles. The SMILES string of the molecule is N#Cc1cccc([C@@H](N)CCCCN)c1. The summed E-state index contributed by atoms with van der Waals surface area (Å²) in [4.78, 5) is 0. The van der Waals surface area contributed by atoms with Gasteiger partial charge >= 0.3 is 0 Å². The van der Waals surface area contributed by atoms with Gasteiger partial charge in [-0.1, -0.05) is 18.6 Å². The molecule has 15 heavy (non-hydrogen) atoms. The van der Waals surface area contributed by atoms with Crippen molar-refractivity contribution in [3.63, 3.8) is 0 Å². The number of nitrogens with zero attached hydrogens (tertiary/aromatic N) is 1. The normalized spacial score (nSPS) is 12.1. The summed E-state index contributed by atoms with van der Waals surface area (Å²) < 4.78 is 0. The van der Waals surface area contributed by atoms with Gasteiger partial charge in [0.25, 0.3) is 0 Å². The minimum Gasteiger partial charge on any atom is -0.330 e. The molecule has 0 saturated heterocycles. The number of unbranched alkanes of at least 4 members (excludes halogenated alkanes) is 1. The smallest absolute Gasteiger partial charge is 0.0991 e. The van der Waals surface area contributed by atoms with Gasteiger partial charge in [0.2, 0.25) is 0 Å². The molecule has 0 spiro atoms. The number of nitriles is 1. The molecule has 1 atom stereocenters. The van der Waals surface area contributed by atoms with Crippen LogP contribution < -0.4 is 11.5 Å². The van der Waals surface area contributed by atoms with Crippen molar-refractivity contribution in [1.82, 2.24) is 0 Å². The lowest BCUT2D eigenvalue weighted by Crippen LogP contribution is -2.11. The lowest BCUT2D eigenvalue weighted by atomic mass is 10.0. The van der Waals surface area contributed by atoms with Crippen molar-refractivity contribution in [2.75, 3.05) is 6.54 Å². The lowest BCUT2D eigenvalue weighted by molar-refractivity contribution is 0.591. The van der Waals surface area contributed by atoms with Crippen molar-refractivity contribution in [1.29, 1.82) is 5.26 Å². The maximum absolute atomic E-state index is 8.75. The van der Waals surface area contributed by atoms with Crippen LogP contribution in [0.25, 0.3) is 0 Å². The molecule has 80 valence electrons. The fourth-order valence-electron chi connectivity index (χ4n) is 1.51. The van der Waals surface area contributed by atoms with E-state index in [1.165, 1.54) is 0 Å². The van der Waals surface area contributed by atoms with Crippen molar-refractivity contribution in [3.05, 3.63) is 35.4 Å². The Bertz CT molecular complexity index is 341. The van der Waals surface area contributed by atoms with Crippen LogP contribution in [0.4, 0.5) is 0 Å². The molecule has 0 amide bonds. The average molecular weight is 203 g/mol. The summed E-state index contributed by atoms with van der Waals surface area (Å²) in [5.41, 5.74) is 13.1. The molecule has 0 heterocycles. The maximum Gasteiger partial charge on any atom is 0.0991 e. The number of benzene rings is 1. The second-order valence-corrected chi connectivity index (χ2v) is 3.63. The Morgan fingerprint density at radius 3 is 2.80 bits per heavy atom. The van der Waals surface area contributed by atoms with Gasteiger partial charge in [-0.2, -0.15) is 5.26 Å². The third-order valence-corrected chi connectivity index (χ3v) is 2.41. The lowest BCUT2D eigenvalue weighted by Gasteiger charge is -2.11. The van der Waals surface area contributed by atoms with E-state index in [2.05, 4.69) is 6.07 Å². The van der Waals surface area contributed by atoms with E-state index in [1.807, 2.05) is 18.2 Å². The highest BCUT2D eigenvalue weighted by Gasteiger charge is 2.05. The molecule has 0 aliphatic rings. The fraction of sp³-hybridized carbons (Fsp3) is 0.417. The molecule has 0 aromatic heterocycles. The van der Waals surface area contributed by atoms with Crippen LogP contribution in [-0.2, 0) is 0 Å². The molecule has 4 N–H and O–H groups in total. The van der Waals surface area contributed by atoms with Gasteiger partial charge in [0.05, 0.1) is 11.6 Å². The largest absolute Gasteiger partial charge is 0.330 e. The van der Waals surface area contributed by atoms with E-state index >= 15 is 0 Å². The van der Waals surface area contributed by atoms with Crippen LogP contribution in [0.5, 0.6) is 0 Å². The summed E-state index contributed by atoms with van der Waals surface area (Å²) in [6, 6.07) is 9.61. The predicted octanol–water partition coefficient (Wildman–Crippen LogP) is 1.69. The zero-order valence-electron chi connectivity index (χ0n) is 8.82. The first kappa shape index (κ1) is 11.7. The fourth-order valence-corrected chi connectivity index (χ4v) is 1.51. The molecule has 0 bridgehead atoms. The molecule has 1 rings (SSSR count). The van der Waals surface area contributed by atoms with Crippen molar-refractivity contribution in [2.45, 2.75) is 25.3 Å². The van der Waals surface area contributed by atoms with E-state index < -0.39 is 0 Å². The summed E-state index contributed by atoms with van der Waals surface area (Å²) in [5.74, 6) is 0. The van der Waals surface area contributed by atoms with E-state index in [1.54, 1.807) is 6.07 Å². The van der Waals surface area contributed by atoms with Crippen molar-refractivity contribution < 1.29 is 0 Å². The molecule has 0 saturated carbocycles. The minimum absolute atomic E-state index is 0.0184. The molecular weight excluding hydrogens is 186 g/mol. The van der Waals surface area contributed by atoms with Gasteiger partial charge in [-0.15, -0.1) is 0 Å². The summed E-state index contributed by atoms with van der Waals surface area (Å²) >= 11 is 0. The molecule has 0 aliphatic heterocycles. The zero-order valence-corrected chi connectivity index (χ0v) is 8.82. The Hall–Kier alpha value is -1.37. The first-order chi connectivity index (χ1) is 7.27. The van der Waals surface area contributed by atoms with Crippen LogP contribution in [0.15, 0.2) is 24.3 Å². The van der Waals surface area contributed by atoms with Crippen LogP contribution in [0.1, 0.15) is 36.4 Å². The minimum atomic E-state index is 0.0184. The molecule has 0 fully saturated rings. The highest BCUT2D eigenvalue weighted by molar-refractivity contribution is 5.34. The topological polar surface area (TPSA) is 75.8 Å². The Morgan fingerprint density at radius 2 is 2.13 bits per heavy atom. The van der Waals surface area contributed by atoms with Gasteiger partial charge in [0, 0.05) is 6.04 Å². The van der Waals surface area contributed by atoms with Crippen LogP contribution in [0.3, 0.4) is 0 Å². The number of rotatable bonds is 5. The molecule has 3 heteroatoms. The molecule has 1 aromatic rings. The van der Waals surface area contributed by atoms with Gasteiger partial charge < -0.3 is 11.5 Å². The van der Waals surface area contributed by atoms with Gasteiger partial charge in [-0.05, 0) is 37.1 Å². The van der Waals surface area contributed by atoms with Crippen LogP contribution in [0, 0.1) is 11.3 Å². The Morgan fingerprint density at radius 1 is 1.33 bits per heavy atom.